The lowest BCUT2D eigenvalue weighted by Gasteiger charge is -2.10. The monoisotopic (exact) mass is 537 g/mol. The first-order valence-electron chi connectivity index (χ1n) is 11.1. The van der Waals surface area contributed by atoms with Crippen LogP contribution in [-0.2, 0) is 6.61 Å². The van der Waals surface area contributed by atoms with Crippen molar-refractivity contribution in [3.05, 3.63) is 104 Å². The second-order valence-corrected chi connectivity index (χ2v) is 9.53. The largest absolute Gasteiger partial charge is 0.489 e. The first kappa shape index (κ1) is 24.3. The first-order chi connectivity index (χ1) is 17.4. The second kappa shape index (κ2) is 10.3. The standard InChI is InChI=1S/C28H18Cl3NO4/c29-22-2-1-3-23(30)25(22)26-21(27(36-32-26)18-10-11-18)15-35-20-13-12-17(24(31)14-20)7-4-16-5-8-19(9-6-16)28(33)34/h1-3,5-6,8-9,12-14,18H,10-11,15H2,(H,33,34). The summed E-state index contributed by atoms with van der Waals surface area (Å²) in [5.41, 5.74) is 3.53. The van der Waals surface area contributed by atoms with Crippen LogP contribution >= 0.6 is 34.8 Å². The Morgan fingerprint density at radius 2 is 1.72 bits per heavy atom. The van der Waals surface area contributed by atoms with E-state index in [0.717, 1.165) is 24.2 Å². The minimum atomic E-state index is -0.981. The van der Waals surface area contributed by atoms with E-state index in [9.17, 15) is 4.79 Å². The molecule has 0 saturated heterocycles. The van der Waals surface area contributed by atoms with Crippen LogP contribution in [-0.4, -0.2) is 16.2 Å². The Morgan fingerprint density at radius 3 is 2.36 bits per heavy atom. The number of hydrogen-bond acceptors (Lipinski definition) is 4. The average molecular weight is 539 g/mol. The van der Waals surface area contributed by atoms with E-state index in [4.69, 9.17) is 49.2 Å². The van der Waals surface area contributed by atoms with Crippen molar-refractivity contribution in [3.8, 4) is 28.8 Å². The fourth-order valence-electron chi connectivity index (χ4n) is 3.73. The van der Waals surface area contributed by atoms with Crippen LogP contribution in [0.1, 0.15) is 51.6 Å². The molecule has 8 heteroatoms. The molecule has 1 saturated carbocycles. The van der Waals surface area contributed by atoms with Gasteiger partial charge in [-0.3, -0.25) is 0 Å². The summed E-state index contributed by atoms with van der Waals surface area (Å²) in [6.45, 7) is 0.212. The highest BCUT2D eigenvalue weighted by Gasteiger charge is 2.33. The van der Waals surface area contributed by atoms with Crippen molar-refractivity contribution in [2.24, 2.45) is 0 Å². The molecule has 1 aliphatic carbocycles. The van der Waals surface area contributed by atoms with E-state index in [2.05, 4.69) is 17.0 Å². The van der Waals surface area contributed by atoms with Gasteiger partial charge in [0.1, 0.15) is 23.8 Å². The van der Waals surface area contributed by atoms with Gasteiger partial charge in [0.2, 0.25) is 0 Å². The van der Waals surface area contributed by atoms with Crippen molar-refractivity contribution in [1.82, 2.24) is 5.16 Å². The zero-order chi connectivity index (χ0) is 25.2. The van der Waals surface area contributed by atoms with E-state index < -0.39 is 5.97 Å². The molecule has 4 aromatic rings. The number of aromatic nitrogens is 1. The third-order valence-corrected chi connectivity index (χ3v) is 6.71. The summed E-state index contributed by atoms with van der Waals surface area (Å²) in [6.07, 6.45) is 2.08. The van der Waals surface area contributed by atoms with E-state index in [1.807, 2.05) is 0 Å². The van der Waals surface area contributed by atoms with Crippen LogP contribution in [0.4, 0.5) is 0 Å². The maximum atomic E-state index is 11.0. The van der Waals surface area contributed by atoms with Crippen molar-refractivity contribution < 1.29 is 19.2 Å². The lowest BCUT2D eigenvalue weighted by Crippen LogP contribution is -2.00. The highest BCUT2D eigenvalue weighted by atomic mass is 35.5. The van der Waals surface area contributed by atoms with E-state index in [-0.39, 0.29) is 12.2 Å². The zero-order valence-electron chi connectivity index (χ0n) is 18.7. The number of nitrogens with zero attached hydrogens (tertiary/aromatic N) is 1. The Morgan fingerprint density at radius 1 is 1.00 bits per heavy atom. The van der Waals surface area contributed by atoms with Gasteiger partial charge in [-0.05, 0) is 61.4 Å². The third-order valence-electron chi connectivity index (χ3n) is 5.76. The molecule has 1 fully saturated rings. The maximum Gasteiger partial charge on any atom is 0.335 e. The molecule has 5 rings (SSSR count). The number of carboxylic acid groups (broad SMARTS) is 1. The smallest absolute Gasteiger partial charge is 0.335 e. The van der Waals surface area contributed by atoms with Crippen molar-refractivity contribution in [2.75, 3.05) is 0 Å². The van der Waals surface area contributed by atoms with Crippen LogP contribution in [0.3, 0.4) is 0 Å². The average Bonchev–Trinajstić information content (AvgIpc) is 3.62. The number of ether oxygens (including phenoxy) is 1. The highest BCUT2D eigenvalue weighted by molar-refractivity contribution is 6.39. The van der Waals surface area contributed by atoms with Crippen molar-refractivity contribution in [3.63, 3.8) is 0 Å². The van der Waals surface area contributed by atoms with Crippen LogP contribution in [0.2, 0.25) is 15.1 Å². The molecule has 0 radical (unpaired) electrons. The van der Waals surface area contributed by atoms with Gasteiger partial charge < -0.3 is 14.4 Å². The van der Waals surface area contributed by atoms with Gasteiger partial charge in [-0.2, -0.15) is 0 Å². The van der Waals surface area contributed by atoms with Gasteiger partial charge in [-0.25, -0.2) is 4.79 Å². The van der Waals surface area contributed by atoms with E-state index >= 15 is 0 Å². The van der Waals surface area contributed by atoms with Crippen molar-refractivity contribution in [1.29, 1.82) is 0 Å². The topological polar surface area (TPSA) is 72.6 Å². The second-order valence-electron chi connectivity index (χ2n) is 8.31. The van der Waals surface area contributed by atoms with Gasteiger partial charge in [0, 0.05) is 28.7 Å². The Labute approximate surface area is 222 Å². The summed E-state index contributed by atoms with van der Waals surface area (Å²) >= 11 is 19.3. The predicted molar refractivity (Wildman–Crippen MR) is 139 cm³/mol. The lowest BCUT2D eigenvalue weighted by atomic mass is 10.0. The number of halogens is 3. The van der Waals surface area contributed by atoms with Crippen LogP contribution in [0.5, 0.6) is 5.75 Å². The summed E-state index contributed by atoms with van der Waals surface area (Å²) in [7, 11) is 0. The summed E-state index contributed by atoms with van der Waals surface area (Å²) in [5.74, 6) is 6.70. The predicted octanol–water partition coefficient (Wildman–Crippen LogP) is 7.86. The number of carboxylic acids is 1. The number of carbonyl (C=O) groups is 1. The van der Waals surface area contributed by atoms with Gasteiger partial charge in [0.25, 0.3) is 0 Å². The van der Waals surface area contributed by atoms with Gasteiger partial charge in [-0.1, -0.05) is 57.9 Å². The minimum absolute atomic E-state index is 0.206. The minimum Gasteiger partial charge on any atom is -0.489 e. The Bertz CT molecular complexity index is 1490. The number of rotatable bonds is 6. The number of aromatic carboxylic acids is 1. The molecule has 0 bridgehead atoms. The van der Waals surface area contributed by atoms with Gasteiger partial charge >= 0.3 is 5.97 Å². The van der Waals surface area contributed by atoms with Gasteiger partial charge in [0.15, 0.2) is 0 Å². The molecule has 1 N–H and O–H groups in total. The van der Waals surface area contributed by atoms with Crippen molar-refractivity contribution >= 4 is 40.8 Å². The molecular weight excluding hydrogens is 521 g/mol. The Balaban J connectivity index is 1.35. The fourth-order valence-corrected chi connectivity index (χ4v) is 4.52. The van der Waals surface area contributed by atoms with Crippen LogP contribution in [0.25, 0.3) is 11.3 Å². The Kier molecular flexibility index (Phi) is 6.93. The van der Waals surface area contributed by atoms with Gasteiger partial charge in [-0.15, -0.1) is 0 Å². The summed E-state index contributed by atoms with van der Waals surface area (Å²) in [5, 5.41) is 14.7. The fraction of sp³-hybridized carbons (Fsp3) is 0.143. The molecule has 0 atom stereocenters. The molecule has 1 heterocycles. The summed E-state index contributed by atoms with van der Waals surface area (Å²) < 4.78 is 11.8. The summed E-state index contributed by atoms with van der Waals surface area (Å²) in [4.78, 5) is 11.0. The van der Waals surface area contributed by atoms with E-state index in [0.29, 0.717) is 49.1 Å². The molecular formula is C28H18Cl3NO4. The molecule has 1 aliphatic rings. The SMILES string of the molecule is O=C(O)c1ccc(C#Cc2ccc(OCc3c(-c4c(Cl)cccc4Cl)noc3C3CC3)cc2Cl)cc1. The highest BCUT2D eigenvalue weighted by Crippen LogP contribution is 2.46. The number of benzene rings is 3. The van der Waals surface area contributed by atoms with Crippen LogP contribution in [0, 0.1) is 11.8 Å². The van der Waals surface area contributed by atoms with Crippen molar-refractivity contribution in [2.45, 2.75) is 25.4 Å². The molecule has 0 spiro atoms. The molecule has 5 nitrogen and oxygen atoms in total. The Hall–Kier alpha value is -3.43. The molecule has 180 valence electrons. The van der Waals surface area contributed by atoms with Crippen LogP contribution < -0.4 is 4.74 Å². The molecule has 0 aliphatic heterocycles. The molecule has 0 unspecified atom stereocenters. The van der Waals surface area contributed by atoms with Crippen LogP contribution in [0.15, 0.2) is 65.2 Å². The lowest BCUT2D eigenvalue weighted by molar-refractivity contribution is 0.0697. The quantitative estimate of drug-likeness (QED) is 0.253. The number of hydrogen-bond donors (Lipinski definition) is 1. The summed E-state index contributed by atoms with van der Waals surface area (Å²) in [6, 6.07) is 16.9. The molecule has 0 amide bonds. The molecule has 3 aromatic carbocycles. The zero-order valence-corrected chi connectivity index (χ0v) is 21.0. The van der Waals surface area contributed by atoms with E-state index in [1.54, 1.807) is 48.5 Å². The van der Waals surface area contributed by atoms with Gasteiger partial charge in [0.05, 0.1) is 26.2 Å². The third kappa shape index (κ3) is 5.22. The normalized spacial score (nSPS) is 12.6. The molecule has 1 aromatic heterocycles. The van der Waals surface area contributed by atoms with E-state index in [1.165, 1.54) is 12.1 Å². The molecule has 36 heavy (non-hydrogen) atoms. The maximum absolute atomic E-state index is 11.0. The first-order valence-corrected chi connectivity index (χ1v) is 12.2.